The molecule has 0 saturated carbocycles. The number of hydrogen-bond acceptors (Lipinski definition) is 2. The molecule has 0 radical (unpaired) electrons. The van der Waals surface area contributed by atoms with Crippen LogP contribution < -0.4 is 5.73 Å². The van der Waals surface area contributed by atoms with Crippen LogP contribution in [0.1, 0.15) is 6.42 Å². The Labute approximate surface area is 40.8 Å². The molecule has 0 aliphatic rings. The molecule has 4 heteroatoms. The van der Waals surface area contributed by atoms with Crippen molar-refractivity contribution < 1.29 is 10.3 Å². The number of carbonyl (C=O) groups is 1. The molecule has 4 nitrogen and oxygen atoms in total. The highest BCUT2D eigenvalue weighted by Gasteiger charge is 1.84. The molecule has 0 fully saturated rings. The van der Waals surface area contributed by atoms with Gasteiger partial charge in [0.2, 0.25) is 5.91 Å². The van der Waals surface area contributed by atoms with Crippen LogP contribution in [-0.4, -0.2) is 11.4 Å². The summed E-state index contributed by atoms with van der Waals surface area (Å²) in [5.74, 6) is -0.572. The Balaban J connectivity index is 0. The van der Waals surface area contributed by atoms with Gasteiger partial charge in [0.1, 0.15) is 6.42 Å². The summed E-state index contributed by atoms with van der Waals surface area (Å²) >= 11 is 0. The lowest BCUT2D eigenvalue weighted by Crippen LogP contribution is -2.07. The van der Waals surface area contributed by atoms with E-state index in [0.29, 0.717) is 0 Å². The van der Waals surface area contributed by atoms with Gasteiger partial charge in [-0.05, 0) is 0 Å². The first-order valence-corrected chi connectivity index (χ1v) is 1.42. The van der Waals surface area contributed by atoms with E-state index in [9.17, 15) is 4.79 Å². The van der Waals surface area contributed by atoms with Crippen molar-refractivity contribution in [3.63, 3.8) is 0 Å². The zero-order valence-corrected chi connectivity index (χ0v) is 3.64. The molecule has 0 unspecified atom stereocenters. The number of rotatable bonds is 1. The van der Waals surface area contributed by atoms with Crippen LogP contribution in [0, 0.1) is 11.3 Å². The van der Waals surface area contributed by atoms with Gasteiger partial charge in [-0.3, -0.25) is 4.79 Å². The van der Waals surface area contributed by atoms with Gasteiger partial charge in [0.15, 0.2) is 0 Å². The van der Waals surface area contributed by atoms with Crippen LogP contribution in [0.5, 0.6) is 0 Å². The Morgan fingerprint density at radius 3 is 2.29 bits per heavy atom. The van der Waals surface area contributed by atoms with Crippen LogP contribution in [0.15, 0.2) is 0 Å². The minimum atomic E-state index is -0.572. The summed E-state index contributed by atoms with van der Waals surface area (Å²) < 4.78 is 0. The highest BCUT2D eigenvalue weighted by atomic mass is 16.1. The first-order valence-electron chi connectivity index (χ1n) is 1.42. The number of nitrogens with two attached hydrogens (primary N) is 1. The van der Waals surface area contributed by atoms with Crippen LogP contribution in [0.4, 0.5) is 0 Å². The Morgan fingerprint density at radius 1 is 1.86 bits per heavy atom. The SMILES string of the molecule is N#CCC(N)=O.O. The zero-order chi connectivity index (χ0) is 4.99. The predicted molar refractivity (Wildman–Crippen MR) is 23.0 cm³/mol. The summed E-state index contributed by atoms with van der Waals surface area (Å²) in [7, 11) is 0. The van der Waals surface area contributed by atoms with E-state index in [1.165, 1.54) is 0 Å². The van der Waals surface area contributed by atoms with Crippen molar-refractivity contribution in [3.8, 4) is 6.07 Å². The third-order valence-corrected chi connectivity index (χ3v) is 0.253. The Bertz CT molecular complexity index is 93.6. The Morgan fingerprint density at radius 2 is 2.29 bits per heavy atom. The van der Waals surface area contributed by atoms with Gasteiger partial charge in [0.25, 0.3) is 0 Å². The quantitative estimate of drug-likeness (QED) is 0.438. The first kappa shape index (κ1) is 9.33. The maximum atomic E-state index is 9.60. The smallest absolute Gasteiger partial charge is 0.231 e. The molecule has 0 bridgehead atoms. The maximum absolute atomic E-state index is 9.60. The summed E-state index contributed by atoms with van der Waals surface area (Å²) in [5, 5.41) is 7.69. The number of amides is 1. The highest BCUT2D eigenvalue weighted by molar-refractivity contribution is 5.75. The molecule has 0 rings (SSSR count). The minimum Gasteiger partial charge on any atom is -0.412 e. The van der Waals surface area contributed by atoms with Crippen molar-refractivity contribution in [1.29, 1.82) is 5.26 Å². The fourth-order valence-electron chi connectivity index (χ4n) is 0.0779. The average Bonchev–Trinajstić information content (AvgIpc) is 1.35. The van der Waals surface area contributed by atoms with Gasteiger partial charge in [-0.15, -0.1) is 0 Å². The highest BCUT2D eigenvalue weighted by Crippen LogP contribution is 1.64. The van der Waals surface area contributed by atoms with Crippen LogP contribution in [0.3, 0.4) is 0 Å². The molecule has 0 heterocycles. The molecule has 0 aromatic carbocycles. The zero-order valence-electron chi connectivity index (χ0n) is 3.64. The lowest BCUT2D eigenvalue weighted by molar-refractivity contribution is -0.117. The molecule has 0 aliphatic heterocycles. The van der Waals surface area contributed by atoms with Gasteiger partial charge in [-0.1, -0.05) is 0 Å². The molecule has 40 valence electrons. The number of nitriles is 1. The lowest BCUT2D eigenvalue weighted by Gasteiger charge is -1.71. The summed E-state index contributed by atoms with van der Waals surface area (Å²) in [6.45, 7) is 0. The summed E-state index contributed by atoms with van der Waals surface area (Å²) in [6.07, 6.45) is -0.181. The minimum absolute atomic E-state index is 0. The Kier molecular flexibility index (Phi) is 6.55. The molecule has 0 aromatic heterocycles. The van der Waals surface area contributed by atoms with E-state index < -0.39 is 5.91 Å². The van der Waals surface area contributed by atoms with Crippen molar-refractivity contribution in [3.05, 3.63) is 0 Å². The second-order valence-electron chi connectivity index (χ2n) is 0.801. The van der Waals surface area contributed by atoms with Crippen LogP contribution in [-0.2, 0) is 4.79 Å². The van der Waals surface area contributed by atoms with Gasteiger partial charge in [-0.2, -0.15) is 5.26 Å². The van der Waals surface area contributed by atoms with Crippen molar-refractivity contribution in [2.24, 2.45) is 5.73 Å². The molecule has 0 atom stereocenters. The molecule has 0 saturated heterocycles. The van der Waals surface area contributed by atoms with E-state index in [1.54, 1.807) is 6.07 Å². The fourth-order valence-corrected chi connectivity index (χ4v) is 0.0779. The molecule has 0 aliphatic carbocycles. The second-order valence-corrected chi connectivity index (χ2v) is 0.801. The monoisotopic (exact) mass is 102 g/mol. The topological polar surface area (TPSA) is 98.4 Å². The van der Waals surface area contributed by atoms with Crippen LogP contribution in [0.25, 0.3) is 0 Å². The summed E-state index contributed by atoms with van der Waals surface area (Å²) in [6, 6.07) is 1.59. The van der Waals surface area contributed by atoms with Gasteiger partial charge in [0, 0.05) is 0 Å². The Hall–Kier alpha value is -1.08. The largest absolute Gasteiger partial charge is 0.412 e. The van der Waals surface area contributed by atoms with E-state index in [1.807, 2.05) is 0 Å². The standard InChI is InChI=1S/C3H4N2O.H2O/c4-2-1-3(5)6;/h1H2,(H2,5,6);1H2. The number of hydrogen-bond donors (Lipinski definition) is 1. The molecule has 7 heavy (non-hydrogen) atoms. The number of nitrogens with zero attached hydrogens (tertiary/aromatic N) is 1. The van der Waals surface area contributed by atoms with Gasteiger partial charge >= 0.3 is 0 Å². The lowest BCUT2D eigenvalue weighted by atomic mass is 10.5. The van der Waals surface area contributed by atoms with Crippen LogP contribution >= 0.6 is 0 Å². The van der Waals surface area contributed by atoms with Gasteiger partial charge in [-0.25, -0.2) is 0 Å². The van der Waals surface area contributed by atoms with E-state index >= 15 is 0 Å². The van der Waals surface area contributed by atoms with E-state index in [4.69, 9.17) is 5.26 Å². The summed E-state index contributed by atoms with van der Waals surface area (Å²) in [5.41, 5.74) is 4.54. The molecule has 4 N–H and O–H groups in total. The summed E-state index contributed by atoms with van der Waals surface area (Å²) in [4.78, 5) is 9.60. The third-order valence-electron chi connectivity index (χ3n) is 0.253. The average molecular weight is 102 g/mol. The van der Waals surface area contributed by atoms with Crippen molar-refractivity contribution in [2.75, 3.05) is 0 Å². The molecule has 0 spiro atoms. The fraction of sp³-hybridized carbons (Fsp3) is 0.333. The number of primary amides is 1. The van der Waals surface area contributed by atoms with Crippen molar-refractivity contribution >= 4 is 5.91 Å². The molecule has 1 amide bonds. The van der Waals surface area contributed by atoms with E-state index in [0.717, 1.165) is 0 Å². The molecule has 0 aromatic rings. The van der Waals surface area contributed by atoms with Crippen molar-refractivity contribution in [1.82, 2.24) is 0 Å². The molecular formula is C3H6N2O2. The van der Waals surface area contributed by atoms with E-state index in [2.05, 4.69) is 5.73 Å². The van der Waals surface area contributed by atoms with Crippen LogP contribution in [0.2, 0.25) is 0 Å². The second kappa shape index (κ2) is 4.92. The normalized spacial score (nSPS) is 5.57. The van der Waals surface area contributed by atoms with Gasteiger partial charge in [0.05, 0.1) is 6.07 Å². The third kappa shape index (κ3) is 11.4. The first-order chi connectivity index (χ1) is 2.77. The predicted octanol–water partition coefficient (Wildman–Crippen LogP) is -1.44. The van der Waals surface area contributed by atoms with Gasteiger partial charge < -0.3 is 11.2 Å². The number of carbonyl (C=O) groups excluding carboxylic acids is 1. The maximum Gasteiger partial charge on any atom is 0.231 e. The molecular weight excluding hydrogens is 96.0 g/mol. The van der Waals surface area contributed by atoms with Crippen molar-refractivity contribution in [2.45, 2.75) is 6.42 Å². The van der Waals surface area contributed by atoms with E-state index in [-0.39, 0.29) is 11.9 Å².